The number of ketones is 1. The highest BCUT2D eigenvalue weighted by molar-refractivity contribution is 7.11. The normalized spacial score (nSPS) is 12.9. The van der Waals surface area contributed by atoms with E-state index >= 15 is 0 Å². The molecule has 0 saturated carbocycles. The summed E-state index contributed by atoms with van der Waals surface area (Å²) in [6, 6.07) is -1.27. The number of nitrogens with zero attached hydrogens (tertiary/aromatic N) is 2. The van der Waals surface area contributed by atoms with Crippen molar-refractivity contribution >= 4 is 23.2 Å². The van der Waals surface area contributed by atoms with Gasteiger partial charge in [0.05, 0.1) is 17.7 Å². The van der Waals surface area contributed by atoms with E-state index in [1.807, 2.05) is 13.8 Å². The molecule has 2 amide bonds. The number of urea groups is 1. The average Bonchev–Trinajstić information content (AvgIpc) is 2.94. The van der Waals surface area contributed by atoms with Gasteiger partial charge in [-0.05, 0) is 13.8 Å². The number of aliphatic hydroxyl groups is 1. The number of aromatic nitrogens is 1. The molecule has 132 valence electrons. The van der Waals surface area contributed by atoms with Crippen molar-refractivity contribution in [3.05, 3.63) is 16.1 Å². The Labute approximate surface area is 142 Å². The Morgan fingerprint density at radius 1 is 1.35 bits per heavy atom. The van der Waals surface area contributed by atoms with E-state index < -0.39 is 18.2 Å². The van der Waals surface area contributed by atoms with Gasteiger partial charge in [0.25, 0.3) is 0 Å². The third kappa shape index (κ3) is 7.09. The molecule has 1 aromatic rings. The molecular formula is C16H29N3O3S. The number of Topliss-reactive ketones (excluding diaryl/α,β-unsaturated/α-hetero) is 1. The molecule has 1 rings (SSSR count). The molecule has 0 bridgehead atoms. The largest absolute Gasteiger partial charge is 0.391 e. The molecule has 6 nitrogen and oxygen atoms in total. The zero-order chi connectivity index (χ0) is 18.2. The third-order valence-corrected chi connectivity index (χ3v) is 4.29. The molecular weight excluding hydrogens is 314 g/mol. The van der Waals surface area contributed by atoms with Gasteiger partial charge in [-0.15, -0.1) is 11.3 Å². The van der Waals surface area contributed by atoms with E-state index in [9.17, 15) is 14.7 Å². The molecule has 0 aliphatic rings. The van der Waals surface area contributed by atoms with Gasteiger partial charge in [-0.25, -0.2) is 9.78 Å². The van der Waals surface area contributed by atoms with Crippen LogP contribution in [0, 0.1) is 0 Å². The van der Waals surface area contributed by atoms with Gasteiger partial charge in [-0.3, -0.25) is 4.79 Å². The Morgan fingerprint density at radius 3 is 2.30 bits per heavy atom. The molecule has 23 heavy (non-hydrogen) atoms. The van der Waals surface area contributed by atoms with Crippen molar-refractivity contribution in [2.75, 3.05) is 7.05 Å². The Hall–Kier alpha value is -1.47. The van der Waals surface area contributed by atoms with E-state index in [4.69, 9.17) is 0 Å². The predicted molar refractivity (Wildman–Crippen MR) is 93.7 cm³/mol. The highest BCUT2D eigenvalue weighted by Crippen LogP contribution is 2.21. The lowest BCUT2D eigenvalue weighted by Gasteiger charge is -2.23. The van der Waals surface area contributed by atoms with E-state index in [2.05, 4.69) is 24.1 Å². The summed E-state index contributed by atoms with van der Waals surface area (Å²) in [4.78, 5) is 30.2. The monoisotopic (exact) mass is 343 g/mol. The molecule has 0 radical (unpaired) electrons. The summed E-state index contributed by atoms with van der Waals surface area (Å²) in [5.41, 5.74) is 0. The first kappa shape index (κ1) is 21.5. The minimum Gasteiger partial charge on any atom is -0.391 e. The minimum absolute atomic E-state index is 0.272. The molecule has 1 heterocycles. The quantitative estimate of drug-likeness (QED) is 0.832. The number of hydrogen-bond donors (Lipinski definition) is 2. The highest BCUT2D eigenvalue weighted by atomic mass is 32.1. The minimum atomic E-state index is -0.921. The maximum atomic E-state index is 12.0. The van der Waals surface area contributed by atoms with Crippen LogP contribution in [0.15, 0.2) is 6.20 Å². The van der Waals surface area contributed by atoms with Crippen LogP contribution in [-0.4, -0.2) is 46.0 Å². The maximum Gasteiger partial charge on any atom is 0.318 e. The van der Waals surface area contributed by atoms with Gasteiger partial charge >= 0.3 is 6.03 Å². The molecule has 0 aliphatic heterocycles. The number of carbonyl (C=O) groups is 2. The maximum absolute atomic E-state index is 12.0. The smallest absolute Gasteiger partial charge is 0.318 e. The van der Waals surface area contributed by atoms with Crippen molar-refractivity contribution in [3.63, 3.8) is 0 Å². The first-order valence-electron chi connectivity index (χ1n) is 7.87. The molecule has 7 heteroatoms. The van der Waals surface area contributed by atoms with Gasteiger partial charge in [-0.2, -0.15) is 0 Å². The lowest BCUT2D eigenvalue weighted by Crippen LogP contribution is -2.50. The summed E-state index contributed by atoms with van der Waals surface area (Å²) < 4.78 is 0. The summed E-state index contributed by atoms with van der Waals surface area (Å²) in [6.07, 6.45) is 0.844. The van der Waals surface area contributed by atoms with Gasteiger partial charge < -0.3 is 15.3 Å². The van der Waals surface area contributed by atoms with Gasteiger partial charge in [-0.1, -0.05) is 27.7 Å². The van der Waals surface area contributed by atoms with Gasteiger partial charge in [0.2, 0.25) is 0 Å². The second kappa shape index (κ2) is 10.3. The third-order valence-electron chi connectivity index (χ3n) is 3.00. The van der Waals surface area contributed by atoms with E-state index in [0.29, 0.717) is 12.5 Å². The molecule has 1 aromatic heterocycles. The number of rotatable bonds is 6. The molecule has 0 saturated heterocycles. The SMILES string of the molecule is CC.CC(=O)C(NC(=O)N(C)Cc1cnc(C(C)C)s1)C(C)O. The number of hydrogen-bond acceptors (Lipinski definition) is 5. The summed E-state index contributed by atoms with van der Waals surface area (Å²) in [7, 11) is 1.64. The zero-order valence-electron chi connectivity index (χ0n) is 15.1. The fourth-order valence-electron chi connectivity index (χ4n) is 1.77. The molecule has 2 unspecified atom stereocenters. The topological polar surface area (TPSA) is 82.5 Å². The molecule has 0 aliphatic carbocycles. The average molecular weight is 343 g/mol. The highest BCUT2D eigenvalue weighted by Gasteiger charge is 2.23. The number of carbonyl (C=O) groups excluding carboxylic acids is 2. The van der Waals surface area contributed by atoms with Crippen LogP contribution in [0.5, 0.6) is 0 Å². The zero-order valence-corrected chi connectivity index (χ0v) is 15.9. The Bertz CT molecular complexity index is 501. The van der Waals surface area contributed by atoms with Crippen LogP contribution in [0.1, 0.15) is 57.3 Å². The second-order valence-electron chi connectivity index (χ2n) is 5.45. The van der Waals surface area contributed by atoms with Gasteiger partial charge in [0.15, 0.2) is 5.78 Å². The second-order valence-corrected chi connectivity index (χ2v) is 6.60. The van der Waals surface area contributed by atoms with Crippen LogP contribution >= 0.6 is 11.3 Å². The number of aliphatic hydroxyl groups excluding tert-OH is 1. The molecule has 0 fully saturated rings. The lowest BCUT2D eigenvalue weighted by atomic mass is 10.1. The molecule has 2 atom stereocenters. The summed E-state index contributed by atoms with van der Waals surface area (Å²) in [6.45, 7) is 11.4. The van der Waals surface area contributed by atoms with Gasteiger partial charge in [0.1, 0.15) is 6.04 Å². The molecule has 0 aromatic carbocycles. The Kier molecular flexibility index (Phi) is 9.67. The van der Waals surface area contributed by atoms with Crippen molar-refractivity contribution in [1.29, 1.82) is 0 Å². The fourth-order valence-corrected chi connectivity index (χ4v) is 2.75. The van der Waals surface area contributed by atoms with Crippen LogP contribution in [0.3, 0.4) is 0 Å². The van der Waals surface area contributed by atoms with E-state index in [1.165, 1.54) is 18.7 Å². The number of amides is 2. The fraction of sp³-hybridized carbons (Fsp3) is 0.688. The van der Waals surface area contributed by atoms with Crippen LogP contribution < -0.4 is 5.32 Å². The standard InChI is InChI=1S/C14H23N3O3S.C2H6/c1-8(2)13-15-6-11(21-13)7-17(5)14(20)16-12(9(3)18)10(4)19;1-2/h6,8-9,12,18H,7H2,1-5H3,(H,16,20);1-2H3. The molecule has 0 spiro atoms. The first-order chi connectivity index (χ1) is 10.7. The number of nitrogens with one attached hydrogen (secondary N) is 1. The van der Waals surface area contributed by atoms with Crippen molar-refractivity contribution in [1.82, 2.24) is 15.2 Å². The van der Waals surface area contributed by atoms with Crippen LogP contribution in [0.4, 0.5) is 4.79 Å². The van der Waals surface area contributed by atoms with Crippen molar-refractivity contribution in [2.45, 2.75) is 66.2 Å². The Balaban J connectivity index is 0.00000232. The van der Waals surface area contributed by atoms with E-state index in [0.717, 1.165) is 9.88 Å². The van der Waals surface area contributed by atoms with Crippen LogP contribution in [0.25, 0.3) is 0 Å². The van der Waals surface area contributed by atoms with Gasteiger partial charge in [0, 0.05) is 24.0 Å². The van der Waals surface area contributed by atoms with Crippen molar-refractivity contribution in [2.24, 2.45) is 0 Å². The Morgan fingerprint density at radius 2 is 1.91 bits per heavy atom. The number of thiazole rings is 1. The lowest BCUT2D eigenvalue weighted by molar-refractivity contribution is -0.121. The molecule has 2 N–H and O–H groups in total. The van der Waals surface area contributed by atoms with Crippen molar-refractivity contribution < 1.29 is 14.7 Å². The first-order valence-corrected chi connectivity index (χ1v) is 8.68. The summed E-state index contributed by atoms with van der Waals surface area (Å²) in [5, 5.41) is 13.1. The van der Waals surface area contributed by atoms with Crippen LogP contribution in [0.2, 0.25) is 0 Å². The summed E-state index contributed by atoms with van der Waals surface area (Å²) >= 11 is 1.57. The van der Waals surface area contributed by atoms with E-state index in [-0.39, 0.29) is 5.78 Å². The summed E-state index contributed by atoms with van der Waals surface area (Å²) in [5.74, 6) is 0.0897. The predicted octanol–water partition coefficient (Wildman–Crippen LogP) is 2.77. The van der Waals surface area contributed by atoms with E-state index in [1.54, 1.807) is 24.6 Å². The van der Waals surface area contributed by atoms with Crippen LogP contribution in [-0.2, 0) is 11.3 Å². The van der Waals surface area contributed by atoms with Crippen molar-refractivity contribution in [3.8, 4) is 0 Å².